The van der Waals surface area contributed by atoms with Gasteiger partial charge in [-0.15, -0.1) is 0 Å². The minimum atomic E-state index is -0.0925. The zero-order valence-electron chi connectivity index (χ0n) is 30.2. The van der Waals surface area contributed by atoms with Gasteiger partial charge in [-0.3, -0.25) is 0 Å². The van der Waals surface area contributed by atoms with Crippen LogP contribution < -0.4 is 4.90 Å². The van der Waals surface area contributed by atoms with Gasteiger partial charge in [0.15, 0.2) is 0 Å². The molecular weight excluding hydrogens is 615 g/mol. The molecule has 4 aliphatic rings. The first kappa shape index (κ1) is 31.1. The molecule has 3 saturated carbocycles. The first-order valence-corrected chi connectivity index (χ1v) is 19.8. The SMILES string of the molecule is CC1(C)c2ccc(-c3ccc4ccccc4c3)cc2-c2ccc(N(c3ccc(C4CCCCC4)cc3)c3ccc(C4CC5CCC4C5)cc3)cc21. The maximum absolute atomic E-state index is 2.51. The van der Waals surface area contributed by atoms with Crippen molar-refractivity contribution >= 4 is 27.8 Å². The van der Waals surface area contributed by atoms with Crippen molar-refractivity contribution in [3.63, 3.8) is 0 Å². The first-order valence-electron chi connectivity index (χ1n) is 19.8. The second kappa shape index (κ2) is 12.3. The van der Waals surface area contributed by atoms with Crippen LogP contribution in [-0.2, 0) is 5.41 Å². The van der Waals surface area contributed by atoms with Crippen molar-refractivity contribution in [3.05, 3.63) is 150 Å². The molecule has 1 nitrogen and oxygen atoms in total. The number of hydrogen-bond donors (Lipinski definition) is 0. The molecule has 3 unspecified atom stereocenters. The molecule has 3 fully saturated rings. The molecule has 6 aromatic rings. The number of fused-ring (bicyclic) bond motifs is 6. The Kier molecular flexibility index (Phi) is 7.49. The van der Waals surface area contributed by atoms with E-state index in [1.54, 1.807) is 5.56 Å². The molecule has 3 atom stereocenters. The van der Waals surface area contributed by atoms with E-state index in [4.69, 9.17) is 0 Å². The van der Waals surface area contributed by atoms with Crippen LogP contribution >= 0.6 is 0 Å². The Balaban J connectivity index is 1.03. The van der Waals surface area contributed by atoms with E-state index in [0.717, 1.165) is 17.8 Å². The monoisotopic (exact) mass is 663 g/mol. The lowest BCUT2D eigenvalue weighted by molar-refractivity contribution is 0.420. The zero-order chi connectivity index (χ0) is 34.1. The molecule has 0 aromatic heterocycles. The van der Waals surface area contributed by atoms with Crippen molar-refractivity contribution in [2.45, 2.75) is 88.9 Å². The average molecular weight is 664 g/mol. The van der Waals surface area contributed by atoms with E-state index in [2.05, 4.69) is 146 Å². The van der Waals surface area contributed by atoms with E-state index in [9.17, 15) is 0 Å². The van der Waals surface area contributed by atoms with Crippen molar-refractivity contribution in [2.75, 3.05) is 4.90 Å². The Labute approximate surface area is 304 Å². The van der Waals surface area contributed by atoms with Gasteiger partial charge in [-0.05, 0) is 160 Å². The van der Waals surface area contributed by atoms with Gasteiger partial charge in [-0.1, -0.05) is 118 Å². The third kappa shape index (κ3) is 5.35. The Bertz CT molecular complexity index is 2230. The van der Waals surface area contributed by atoms with E-state index < -0.39 is 0 Å². The summed E-state index contributed by atoms with van der Waals surface area (Å²) in [6.45, 7) is 4.81. The van der Waals surface area contributed by atoms with Gasteiger partial charge in [0.25, 0.3) is 0 Å². The Morgan fingerprint density at radius 3 is 1.92 bits per heavy atom. The fourth-order valence-corrected chi connectivity index (χ4v) is 10.7. The molecule has 0 N–H and O–H groups in total. The van der Waals surface area contributed by atoms with Gasteiger partial charge in [-0.2, -0.15) is 0 Å². The highest BCUT2D eigenvalue weighted by molar-refractivity contribution is 5.91. The van der Waals surface area contributed by atoms with Crippen LogP contribution in [0.15, 0.2) is 127 Å². The van der Waals surface area contributed by atoms with Gasteiger partial charge in [-0.25, -0.2) is 0 Å². The summed E-state index contributed by atoms with van der Waals surface area (Å²) in [5, 5.41) is 2.58. The van der Waals surface area contributed by atoms with Crippen molar-refractivity contribution < 1.29 is 0 Å². The highest BCUT2D eigenvalue weighted by Gasteiger charge is 2.40. The summed E-state index contributed by atoms with van der Waals surface area (Å²) in [6, 6.07) is 49.2. The molecule has 0 saturated heterocycles. The molecule has 0 radical (unpaired) electrons. The van der Waals surface area contributed by atoms with E-state index in [1.807, 2.05) is 0 Å². The number of benzene rings is 6. The van der Waals surface area contributed by atoms with Crippen LogP contribution in [0.1, 0.15) is 106 Å². The predicted octanol–water partition coefficient (Wildman–Crippen LogP) is 14.2. The van der Waals surface area contributed by atoms with Crippen molar-refractivity contribution in [2.24, 2.45) is 11.8 Å². The number of nitrogens with zero attached hydrogens (tertiary/aromatic N) is 1. The van der Waals surface area contributed by atoms with Crippen LogP contribution in [-0.4, -0.2) is 0 Å². The van der Waals surface area contributed by atoms with E-state index >= 15 is 0 Å². The molecule has 51 heavy (non-hydrogen) atoms. The molecule has 6 aromatic carbocycles. The minimum absolute atomic E-state index is 0.0925. The van der Waals surface area contributed by atoms with Crippen molar-refractivity contribution in [1.29, 1.82) is 0 Å². The second-order valence-corrected chi connectivity index (χ2v) is 16.8. The average Bonchev–Trinajstić information content (AvgIpc) is 3.88. The number of rotatable bonds is 6. The normalized spacial score (nSPS) is 21.9. The van der Waals surface area contributed by atoms with Crippen molar-refractivity contribution in [1.82, 2.24) is 0 Å². The summed E-state index contributed by atoms with van der Waals surface area (Å²) in [6.07, 6.45) is 12.5. The molecule has 0 amide bonds. The van der Waals surface area contributed by atoms with Gasteiger partial charge in [0.1, 0.15) is 0 Å². The summed E-state index contributed by atoms with van der Waals surface area (Å²) < 4.78 is 0. The quantitative estimate of drug-likeness (QED) is 0.171. The largest absolute Gasteiger partial charge is 0.310 e. The minimum Gasteiger partial charge on any atom is -0.310 e. The smallest absolute Gasteiger partial charge is 0.0465 e. The van der Waals surface area contributed by atoms with E-state index in [0.29, 0.717) is 5.92 Å². The van der Waals surface area contributed by atoms with Crippen LogP contribution in [0.3, 0.4) is 0 Å². The van der Waals surface area contributed by atoms with Gasteiger partial charge >= 0.3 is 0 Å². The lowest BCUT2D eigenvalue weighted by atomic mass is 9.82. The van der Waals surface area contributed by atoms with Crippen LogP contribution in [0.2, 0.25) is 0 Å². The number of hydrogen-bond acceptors (Lipinski definition) is 1. The summed E-state index contributed by atoms with van der Waals surface area (Å²) >= 11 is 0. The molecule has 0 spiro atoms. The van der Waals surface area contributed by atoms with E-state index in [-0.39, 0.29) is 5.41 Å². The lowest BCUT2D eigenvalue weighted by Crippen LogP contribution is -2.16. The standard InChI is InChI=1S/C50H49N/c1-50(2)48-27-20-40(39-15-14-35-10-6-7-11-38(35)30-39)31-47(48)45-26-25-44(32-49(45)50)51(42-21-16-36(17-22-42)34-8-4-3-5-9-34)43-23-18-37(19-24-43)46-29-33-12-13-41(46)28-33/h6-7,10-11,14-27,30-34,41,46H,3-5,8-9,12-13,28-29H2,1-2H3. The Hall–Kier alpha value is -4.62. The summed E-state index contributed by atoms with van der Waals surface area (Å²) in [4.78, 5) is 2.51. The third-order valence-electron chi connectivity index (χ3n) is 13.5. The third-order valence-corrected chi connectivity index (χ3v) is 13.5. The highest BCUT2D eigenvalue weighted by Crippen LogP contribution is 2.54. The fraction of sp³-hybridized carbons (Fsp3) is 0.320. The van der Waals surface area contributed by atoms with Gasteiger partial charge in [0, 0.05) is 22.5 Å². The van der Waals surface area contributed by atoms with E-state index in [1.165, 1.54) is 125 Å². The van der Waals surface area contributed by atoms with Crippen LogP contribution in [0, 0.1) is 11.8 Å². The van der Waals surface area contributed by atoms with Crippen LogP contribution in [0.5, 0.6) is 0 Å². The lowest BCUT2D eigenvalue weighted by Gasteiger charge is -2.29. The molecule has 2 bridgehead atoms. The molecule has 254 valence electrons. The Morgan fingerprint density at radius 2 is 1.20 bits per heavy atom. The summed E-state index contributed by atoms with van der Waals surface area (Å²) in [7, 11) is 0. The molecule has 1 heteroatoms. The van der Waals surface area contributed by atoms with Gasteiger partial charge in [0.05, 0.1) is 0 Å². The summed E-state index contributed by atoms with van der Waals surface area (Å²) in [5.74, 6) is 3.31. The zero-order valence-corrected chi connectivity index (χ0v) is 30.2. The summed E-state index contributed by atoms with van der Waals surface area (Å²) in [5.41, 5.74) is 14.8. The molecule has 4 aliphatic carbocycles. The predicted molar refractivity (Wildman–Crippen MR) is 216 cm³/mol. The maximum Gasteiger partial charge on any atom is 0.0465 e. The molecule has 0 aliphatic heterocycles. The molecular formula is C50H49N. The maximum atomic E-state index is 2.51. The molecule has 0 heterocycles. The van der Waals surface area contributed by atoms with Gasteiger partial charge < -0.3 is 4.90 Å². The first-order chi connectivity index (χ1) is 25.0. The van der Waals surface area contributed by atoms with Crippen LogP contribution in [0.4, 0.5) is 17.1 Å². The van der Waals surface area contributed by atoms with Crippen LogP contribution in [0.25, 0.3) is 33.0 Å². The topological polar surface area (TPSA) is 3.24 Å². The fourth-order valence-electron chi connectivity index (χ4n) is 10.7. The molecule has 10 rings (SSSR count). The second-order valence-electron chi connectivity index (χ2n) is 16.8. The number of anilines is 3. The highest BCUT2D eigenvalue weighted by atomic mass is 15.1. The van der Waals surface area contributed by atoms with Crippen molar-refractivity contribution in [3.8, 4) is 22.3 Å². The Morgan fingerprint density at radius 1 is 0.510 bits per heavy atom. The van der Waals surface area contributed by atoms with Gasteiger partial charge in [0.2, 0.25) is 0 Å².